The fourth-order valence-electron chi connectivity index (χ4n) is 3.16. The molecule has 5 nitrogen and oxygen atoms in total. The van der Waals surface area contributed by atoms with Gasteiger partial charge in [0.2, 0.25) is 0 Å². The highest BCUT2D eigenvalue weighted by molar-refractivity contribution is 5.69. The summed E-state index contributed by atoms with van der Waals surface area (Å²) in [7, 11) is 1.18. The van der Waals surface area contributed by atoms with Gasteiger partial charge in [0.05, 0.1) is 25.2 Å². The molecule has 0 radical (unpaired) electrons. The summed E-state index contributed by atoms with van der Waals surface area (Å²) in [6.07, 6.45) is -4.86. The van der Waals surface area contributed by atoms with Gasteiger partial charge in [0.1, 0.15) is 23.7 Å². The second-order valence-corrected chi connectivity index (χ2v) is 6.57. The molecule has 2 atom stereocenters. The minimum absolute atomic E-state index is 0.0560. The van der Waals surface area contributed by atoms with Crippen molar-refractivity contribution in [3.63, 3.8) is 0 Å². The fraction of sp³-hybridized carbons (Fsp3) is 0.350. The molecule has 2 aromatic carbocycles. The van der Waals surface area contributed by atoms with Crippen molar-refractivity contribution in [3.8, 4) is 11.5 Å². The molecule has 150 valence electrons. The Bertz CT molecular complexity index is 863. The average Bonchev–Trinajstić information content (AvgIpc) is 3.28. The maximum atomic E-state index is 13.1. The molecule has 8 heteroatoms. The van der Waals surface area contributed by atoms with Crippen LogP contribution in [0.3, 0.4) is 0 Å². The van der Waals surface area contributed by atoms with Crippen molar-refractivity contribution in [2.75, 3.05) is 7.11 Å². The topological polar surface area (TPSA) is 68.3 Å². The number of carboxylic acid groups (broad SMARTS) is 1. The maximum Gasteiger partial charge on any atom is 0.419 e. The summed E-state index contributed by atoms with van der Waals surface area (Å²) in [5.41, 5.74) is -0.624. The van der Waals surface area contributed by atoms with Crippen LogP contribution >= 0.6 is 0 Å². The van der Waals surface area contributed by atoms with Gasteiger partial charge < -0.3 is 19.3 Å². The molecule has 3 rings (SSSR count). The fourth-order valence-corrected chi connectivity index (χ4v) is 3.16. The van der Waals surface area contributed by atoms with E-state index in [1.165, 1.54) is 19.2 Å². The first-order valence-electron chi connectivity index (χ1n) is 8.53. The van der Waals surface area contributed by atoms with Gasteiger partial charge in [0.25, 0.3) is 0 Å². The molecule has 0 bridgehead atoms. The van der Waals surface area contributed by atoms with E-state index in [0.29, 0.717) is 11.3 Å². The molecule has 0 spiro atoms. The number of aliphatic carboxylic acids is 1. The first kappa shape index (κ1) is 20.0. The molecule has 0 aliphatic carbocycles. The van der Waals surface area contributed by atoms with E-state index in [2.05, 4.69) is 0 Å². The van der Waals surface area contributed by atoms with Crippen LogP contribution in [0, 0.1) is 0 Å². The Morgan fingerprint density at radius 2 is 1.86 bits per heavy atom. The van der Waals surface area contributed by atoms with Crippen LogP contribution in [0.15, 0.2) is 42.5 Å². The third kappa shape index (κ3) is 4.06. The van der Waals surface area contributed by atoms with Crippen molar-refractivity contribution in [2.24, 2.45) is 0 Å². The highest BCUT2D eigenvalue weighted by Gasteiger charge is 2.56. The minimum atomic E-state index is -4.53. The first-order valence-corrected chi connectivity index (χ1v) is 8.53. The van der Waals surface area contributed by atoms with Crippen molar-refractivity contribution in [1.29, 1.82) is 0 Å². The number of benzene rings is 2. The van der Waals surface area contributed by atoms with E-state index < -0.39 is 23.3 Å². The van der Waals surface area contributed by atoms with E-state index in [9.17, 15) is 18.0 Å². The highest BCUT2D eigenvalue weighted by Crippen LogP contribution is 2.49. The first-order chi connectivity index (χ1) is 13.2. The van der Waals surface area contributed by atoms with Gasteiger partial charge in [-0.15, -0.1) is 0 Å². The van der Waals surface area contributed by atoms with E-state index in [-0.39, 0.29) is 24.9 Å². The summed E-state index contributed by atoms with van der Waals surface area (Å²) in [5, 5.41) is 9.06. The van der Waals surface area contributed by atoms with Crippen molar-refractivity contribution in [3.05, 3.63) is 59.2 Å². The zero-order valence-electron chi connectivity index (χ0n) is 15.2. The van der Waals surface area contributed by atoms with Gasteiger partial charge >= 0.3 is 12.1 Å². The Labute approximate surface area is 159 Å². The van der Waals surface area contributed by atoms with Gasteiger partial charge in [0.15, 0.2) is 0 Å². The van der Waals surface area contributed by atoms with Crippen LogP contribution in [0.1, 0.15) is 30.0 Å². The zero-order chi connectivity index (χ0) is 20.5. The minimum Gasteiger partial charge on any atom is -0.496 e. The van der Waals surface area contributed by atoms with E-state index in [4.69, 9.17) is 19.3 Å². The molecule has 2 unspecified atom stereocenters. The van der Waals surface area contributed by atoms with Crippen LogP contribution in [-0.4, -0.2) is 24.3 Å². The Kier molecular flexibility index (Phi) is 5.25. The number of carbonyl (C=O) groups is 1. The van der Waals surface area contributed by atoms with E-state index in [1.807, 2.05) is 0 Å². The van der Waals surface area contributed by atoms with Crippen LogP contribution in [0.4, 0.5) is 13.2 Å². The van der Waals surface area contributed by atoms with Crippen molar-refractivity contribution in [1.82, 2.24) is 0 Å². The molecule has 1 saturated heterocycles. The number of alkyl halides is 3. The summed E-state index contributed by atoms with van der Waals surface area (Å²) in [6, 6.07) is 10.4. The van der Waals surface area contributed by atoms with Gasteiger partial charge in [-0.25, -0.2) is 0 Å². The predicted molar refractivity (Wildman–Crippen MR) is 93.2 cm³/mol. The Hall–Kier alpha value is -2.74. The van der Waals surface area contributed by atoms with Crippen LogP contribution in [0.5, 0.6) is 11.5 Å². The number of ether oxygens (including phenoxy) is 3. The number of hydrogen-bond donors (Lipinski definition) is 1. The molecule has 1 heterocycles. The summed E-state index contributed by atoms with van der Waals surface area (Å²) in [6.45, 7) is 1.74. The smallest absolute Gasteiger partial charge is 0.419 e. The molecule has 2 aromatic rings. The Balaban J connectivity index is 1.70. The van der Waals surface area contributed by atoms with Gasteiger partial charge in [-0.3, -0.25) is 4.79 Å². The van der Waals surface area contributed by atoms with E-state index in [0.717, 1.165) is 11.6 Å². The van der Waals surface area contributed by atoms with Gasteiger partial charge in [-0.05, 0) is 42.3 Å². The number of halogens is 3. The molecule has 1 aliphatic heterocycles. The molecule has 0 amide bonds. The van der Waals surface area contributed by atoms with Crippen LogP contribution in [0.25, 0.3) is 0 Å². The number of epoxide rings is 1. The van der Waals surface area contributed by atoms with E-state index in [1.54, 1.807) is 31.2 Å². The third-order valence-corrected chi connectivity index (χ3v) is 4.72. The van der Waals surface area contributed by atoms with Crippen molar-refractivity contribution in [2.45, 2.75) is 37.8 Å². The Morgan fingerprint density at radius 3 is 2.36 bits per heavy atom. The molecule has 1 N–H and O–H groups in total. The lowest BCUT2D eigenvalue weighted by Gasteiger charge is -2.14. The lowest BCUT2D eigenvalue weighted by molar-refractivity contribution is -0.139. The summed E-state index contributed by atoms with van der Waals surface area (Å²) < 4.78 is 55.1. The van der Waals surface area contributed by atoms with Gasteiger partial charge in [-0.1, -0.05) is 18.2 Å². The monoisotopic (exact) mass is 396 g/mol. The van der Waals surface area contributed by atoms with Crippen molar-refractivity contribution < 1.29 is 37.3 Å². The highest BCUT2D eigenvalue weighted by atomic mass is 19.4. The largest absolute Gasteiger partial charge is 0.496 e. The van der Waals surface area contributed by atoms with Gasteiger partial charge in [0, 0.05) is 0 Å². The van der Waals surface area contributed by atoms with Crippen LogP contribution in [-0.2, 0) is 27.9 Å². The van der Waals surface area contributed by atoms with Crippen molar-refractivity contribution >= 4 is 5.97 Å². The zero-order valence-corrected chi connectivity index (χ0v) is 15.2. The number of carboxylic acids is 1. The molecule has 0 saturated carbocycles. The lowest BCUT2D eigenvalue weighted by atomic mass is 9.92. The number of methoxy groups -OCH3 is 1. The quantitative estimate of drug-likeness (QED) is 0.704. The molecular weight excluding hydrogens is 377 g/mol. The maximum absolute atomic E-state index is 13.1. The second kappa shape index (κ2) is 7.35. The van der Waals surface area contributed by atoms with Gasteiger partial charge in [-0.2, -0.15) is 13.2 Å². The molecule has 1 fully saturated rings. The SMILES string of the molecule is COc1ccc(COc2ccc(C3(CC(=O)O)OC3C)cc2)cc1C(F)(F)F. The van der Waals surface area contributed by atoms with Crippen LogP contribution < -0.4 is 9.47 Å². The third-order valence-electron chi connectivity index (χ3n) is 4.72. The van der Waals surface area contributed by atoms with Crippen LogP contribution in [0.2, 0.25) is 0 Å². The predicted octanol–water partition coefficient (Wildman–Crippen LogP) is 4.38. The summed E-state index contributed by atoms with van der Waals surface area (Å²) >= 11 is 0. The number of rotatable bonds is 7. The summed E-state index contributed by atoms with van der Waals surface area (Å²) in [4.78, 5) is 11.1. The molecular formula is C20H19F3O5. The summed E-state index contributed by atoms with van der Waals surface area (Å²) in [5.74, 6) is -0.751. The molecule has 1 aliphatic rings. The van der Waals surface area contributed by atoms with E-state index >= 15 is 0 Å². The lowest BCUT2D eigenvalue weighted by Crippen LogP contribution is -2.17. The molecule has 28 heavy (non-hydrogen) atoms. The standard InChI is InChI=1S/C20H19F3O5/c1-12-19(28-12,10-18(24)25)14-4-6-15(7-5-14)27-11-13-3-8-17(26-2)16(9-13)20(21,22)23/h3-9,12H,10-11H2,1-2H3,(H,24,25). The average molecular weight is 396 g/mol. The normalized spacial score (nSPS) is 21.2. The molecule has 0 aromatic heterocycles. The Morgan fingerprint density at radius 1 is 1.21 bits per heavy atom. The second-order valence-electron chi connectivity index (χ2n) is 6.57. The number of hydrogen-bond acceptors (Lipinski definition) is 4.